The molecule has 8 aromatic rings. The highest BCUT2D eigenvalue weighted by Crippen LogP contribution is 2.51. The van der Waals surface area contributed by atoms with Crippen molar-refractivity contribution in [3.8, 4) is 56.4 Å². The summed E-state index contributed by atoms with van der Waals surface area (Å²) in [6.45, 7) is 4.64. The van der Waals surface area contributed by atoms with Crippen molar-refractivity contribution in [2.24, 2.45) is 0 Å². The molecule has 0 atom stereocenters. The number of fused-ring (bicyclic) bond motifs is 6. The number of benzene rings is 6. The molecule has 46 heavy (non-hydrogen) atoms. The third kappa shape index (κ3) is 4.04. The van der Waals surface area contributed by atoms with Crippen LogP contribution >= 0.6 is 0 Å². The summed E-state index contributed by atoms with van der Waals surface area (Å²) >= 11 is 0. The molecule has 218 valence electrons. The Morgan fingerprint density at radius 1 is 0.457 bits per heavy atom. The highest BCUT2D eigenvalue weighted by atomic mass is 16.3. The Hall–Kier alpha value is -5.87. The molecular weight excluding hydrogens is 562 g/mol. The maximum atomic E-state index is 6.42. The van der Waals surface area contributed by atoms with Crippen LogP contribution in [0, 0.1) is 0 Å². The lowest BCUT2D eigenvalue weighted by molar-refractivity contribution is 0.660. The number of aromatic nitrogens is 3. The summed E-state index contributed by atoms with van der Waals surface area (Å²) in [6.07, 6.45) is 0. The Bertz CT molecular complexity index is 2380. The van der Waals surface area contributed by atoms with E-state index in [1.54, 1.807) is 0 Å². The average molecular weight is 592 g/mol. The molecule has 6 aromatic carbocycles. The van der Waals surface area contributed by atoms with Crippen LogP contribution in [0.5, 0.6) is 0 Å². The van der Waals surface area contributed by atoms with Crippen molar-refractivity contribution in [3.63, 3.8) is 0 Å². The highest BCUT2D eigenvalue weighted by Gasteiger charge is 2.35. The lowest BCUT2D eigenvalue weighted by Crippen LogP contribution is -2.14. The fourth-order valence-corrected chi connectivity index (χ4v) is 7.09. The Morgan fingerprint density at radius 2 is 1.04 bits per heavy atom. The van der Waals surface area contributed by atoms with Crippen LogP contribution in [0.3, 0.4) is 0 Å². The second-order valence-electron chi connectivity index (χ2n) is 12.4. The number of rotatable bonds is 4. The molecule has 4 heteroatoms. The van der Waals surface area contributed by atoms with Crippen LogP contribution < -0.4 is 0 Å². The fourth-order valence-electron chi connectivity index (χ4n) is 7.09. The third-order valence-electron chi connectivity index (χ3n) is 9.36. The first-order valence-corrected chi connectivity index (χ1v) is 15.6. The normalized spacial score (nSPS) is 13.2. The smallest absolute Gasteiger partial charge is 0.164 e. The number of hydrogen-bond donors (Lipinski definition) is 0. The zero-order valence-electron chi connectivity index (χ0n) is 25.5. The molecular formula is C42H29N3O. The van der Waals surface area contributed by atoms with Crippen molar-refractivity contribution in [1.29, 1.82) is 0 Å². The van der Waals surface area contributed by atoms with E-state index in [1.165, 1.54) is 22.3 Å². The summed E-state index contributed by atoms with van der Waals surface area (Å²) in [5, 5.41) is 2.13. The van der Waals surface area contributed by atoms with E-state index in [4.69, 9.17) is 19.4 Å². The molecule has 0 amide bonds. The van der Waals surface area contributed by atoms with Crippen LogP contribution in [-0.2, 0) is 5.41 Å². The first-order chi connectivity index (χ1) is 22.6. The van der Waals surface area contributed by atoms with Gasteiger partial charge in [0.25, 0.3) is 0 Å². The summed E-state index contributed by atoms with van der Waals surface area (Å²) < 4.78 is 6.42. The molecule has 0 saturated heterocycles. The Labute approximate surface area is 267 Å². The Balaban J connectivity index is 1.35. The van der Waals surface area contributed by atoms with Crippen molar-refractivity contribution in [2.45, 2.75) is 19.3 Å². The van der Waals surface area contributed by atoms with Gasteiger partial charge in [0.2, 0.25) is 0 Å². The van der Waals surface area contributed by atoms with Gasteiger partial charge in [-0.3, -0.25) is 0 Å². The van der Waals surface area contributed by atoms with Crippen LogP contribution in [0.1, 0.15) is 25.0 Å². The summed E-state index contributed by atoms with van der Waals surface area (Å²) in [7, 11) is 0. The summed E-state index contributed by atoms with van der Waals surface area (Å²) in [6, 6.07) is 48.3. The zero-order chi connectivity index (χ0) is 30.8. The number of furan rings is 1. The molecule has 2 heterocycles. The van der Waals surface area contributed by atoms with Gasteiger partial charge in [0.1, 0.15) is 11.2 Å². The first-order valence-electron chi connectivity index (χ1n) is 15.6. The quantitative estimate of drug-likeness (QED) is 0.204. The summed E-state index contributed by atoms with van der Waals surface area (Å²) in [4.78, 5) is 15.2. The molecule has 0 radical (unpaired) electrons. The largest absolute Gasteiger partial charge is 0.456 e. The molecule has 0 aliphatic heterocycles. The topological polar surface area (TPSA) is 51.8 Å². The van der Waals surface area contributed by atoms with E-state index in [1.807, 2.05) is 72.8 Å². The van der Waals surface area contributed by atoms with Gasteiger partial charge in [0.15, 0.2) is 17.5 Å². The SMILES string of the molecule is CC1(C)c2ccccc2-c2ccc(-c3c(-c4nc(-c5ccccc5)nc(-c5ccccc5)n4)ccc4oc5ccccc5c34)cc21. The van der Waals surface area contributed by atoms with E-state index < -0.39 is 0 Å². The zero-order valence-corrected chi connectivity index (χ0v) is 25.5. The van der Waals surface area contributed by atoms with Gasteiger partial charge in [-0.25, -0.2) is 15.0 Å². The maximum Gasteiger partial charge on any atom is 0.164 e. The van der Waals surface area contributed by atoms with Gasteiger partial charge in [0.05, 0.1) is 0 Å². The van der Waals surface area contributed by atoms with Crippen molar-refractivity contribution >= 4 is 21.9 Å². The van der Waals surface area contributed by atoms with Crippen molar-refractivity contribution in [3.05, 3.63) is 151 Å². The monoisotopic (exact) mass is 591 g/mol. The van der Waals surface area contributed by atoms with Crippen LogP contribution in [0.15, 0.2) is 144 Å². The van der Waals surface area contributed by atoms with Gasteiger partial charge in [-0.2, -0.15) is 0 Å². The number of para-hydroxylation sites is 1. The maximum absolute atomic E-state index is 6.42. The standard InChI is InChI=1S/C42H29N3O/c1-42(2)33-19-11-9-17-29(33)30-22-21-28(25-34(30)42)37-32(23-24-36-38(37)31-18-10-12-20-35(31)46-36)41-44-39(26-13-5-3-6-14-26)43-40(45-41)27-15-7-4-8-16-27/h3-25H,1-2H3. The highest BCUT2D eigenvalue weighted by molar-refractivity contribution is 6.15. The second kappa shape index (κ2) is 10.1. The lowest BCUT2D eigenvalue weighted by Gasteiger charge is -2.22. The van der Waals surface area contributed by atoms with Crippen molar-refractivity contribution in [1.82, 2.24) is 15.0 Å². The van der Waals surface area contributed by atoms with E-state index in [0.717, 1.165) is 49.8 Å². The minimum Gasteiger partial charge on any atom is -0.456 e. The van der Waals surface area contributed by atoms with Crippen molar-refractivity contribution < 1.29 is 4.42 Å². The van der Waals surface area contributed by atoms with Gasteiger partial charge >= 0.3 is 0 Å². The van der Waals surface area contributed by atoms with Gasteiger partial charge in [0, 0.05) is 38.4 Å². The number of nitrogens with zero attached hydrogens (tertiary/aromatic N) is 3. The molecule has 9 rings (SSSR count). The fraction of sp³-hybridized carbons (Fsp3) is 0.0714. The molecule has 0 saturated carbocycles. The van der Waals surface area contributed by atoms with Crippen molar-refractivity contribution in [2.75, 3.05) is 0 Å². The Kier molecular flexibility index (Phi) is 5.81. The predicted molar refractivity (Wildman–Crippen MR) is 186 cm³/mol. The summed E-state index contributed by atoms with van der Waals surface area (Å²) in [5.41, 5.74) is 11.8. The third-order valence-corrected chi connectivity index (χ3v) is 9.36. The van der Waals surface area contributed by atoms with Gasteiger partial charge in [-0.05, 0) is 52.1 Å². The lowest BCUT2D eigenvalue weighted by atomic mass is 9.81. The van der Waals surface area contributed by atoms with E-state index in [-0.39, 0.29) is 5.41 Å². The molecule has 1 aliphatic carbocycles. The molecule has 0 bridgehead atoms. The molecule has 0 spiro atoms. The molecule has 2 aromatic heterocycles. The first kappa shape index (κ1) is 26.5. The molecule has 4 nitrogen and oxygen atoms in total. The van der Waals surface area contributed by atoms with E-state index in [9.17, 15) is 0 Å². The van der Waals surface area contributed by atoms with Gasteiger partial charge in [-0.15, -0.1) is 0 Å². The molecule has 0 N–H and O–H groups in total. The molecule has 0 unspecified atom stereocenters. The molecule has 0 fully saturated rings. The average Bonchev–Trinajstić information content (AvgIpc) is 3.60. The van der Waals surface area contributed by atoms with E-state index in [2.05, 4.69) is 80.6 Å². The second-order valence-corrected chi connectivity index (χ2v) is 12.4. The number of hydrogen-bond acceptors (Lipinski definition) is 4. The van der Waals surface area contributed by atoms with Crippen LogP contribution in [-0.4, -0.2) is 15.0 Å². The summed E-state index contributed by atoms with van der Waals surface area (Å²) in [5.74, 6) is 1.90. The molecule has 1 aliphatic rings. The van der Waals surface area contributed by atoms with Crippen LogP contribution in [0.4, 0.5) is 0 Å². The van der Waals surface area contributed by atoms with Crippen LogP contribution in [0.25, 0.3) is 78.4 Å². The van der Waals surface area contributed by atoms with E-state index >= 15 is 0 Å². The minimum absolute atomic E-state index is 0.136. The van der Waals surface area contributed by atoms with Gasteiger partial charge in [-0.1, -0.05) is 129 Å². The minimum atomic E-state index is -0.136. The van der Waals surface area contributed by atoms with Crippen LogP contribution in [0.2, 0.25) is 0 Å². The predicted octanol–water partition coefficient (Wildman–Crippen LogP) is 10.7. The van der Waals surface area contributed by atoms with E-state index in [0.29, 0.717) is 17.5 Å². The van der Waals surface area contributed by atoms with Gasteiger partial charge < -0.3 is 4.42 Å². The Morgan fingerprint density at radius 3 is 1.78 bits per heavy atom.